The van der Waals surface area contributed by atoms with Gasteiger partial charge in [-0.05, 0) is 54.2 Å². The summed E-state index contributed by atoms with van der Waals surface area (Å²) in [5.74, 6) is 0.228. The molecule has 6 nitrogen and oxygen atoms in total. The lowest BCUT2D eigenvalue weighted by molar-refractivity contribution is 0.0997. The molecule has 0 saturated carbocycles. The normalized spacial score (nSPS) is 14.4. The van der Waals surface area contributed by atoms with Crippen LogP contribution in [0, 0.1) is 5.92 Å². The second kappa shape index (κ2) is 12.4. The van der Waals surface area contributed by atoms with Crippen molar-refractivity contribution in [2.75, 3.05) is 13.1 Å². The Morgan fingerprint density at radius 2 is 1.50 bits per heavy atom. The first-order chi connectivity index (χ1) is 16.4. The summed E-state index contributed by atoms with van der Waals surface area (Å²) in [6.45, 7) is 1.39. The molecular weight excluding hydrogens is 435 g/mol. The molecule has 1 heterocycles. The highest BCUT2D eigenvalue weighted by Crippen LogP contribution is 2.33. The number of carbonyl (C=O) groups excluding carboxylic acids is 1. The van der Waals surface area contributed by atoms with Crippen LogP contribution in [0.2, 0.25) is 0 Å². The first kappa shape index (κ1) is 24.8. The van der Waals surface area contributed by atoms with Crippen molar-refractivity contribution >= 4 is 12.0 Å². The Morgan fingerprint density at radius 1 is 0.941 bits per heavy atom. The summed E-state index contributed by atoms with van der Waals surface area (Å²) in [6.07, 6.45) is -0.684. The van der Waals surface area contributed by atoms with E-state index in [2.05, 4.69) is 0 Å². The molecule has 1 aliphatic heterocycles. The number of piperidine rings is 1. The second-order valence-corrected chi connectivity index (χ2v) is 8.08. The predicted molar refractivity (Wildman–Crippen MR) is 128 cm³/mol. The summed E-state index contributed by atoms with van der Waals surface area (Å²) in [5.41, 5.74) is 7.43. The van der Waals surface area contributed by atoms with Crippen LogP contribution < -0.4 is 10.5 Å². The number of ether oxygens (including phenoxy) is 1. The van der Waals surface area contributed by atoms with Crippen LogP contribution in [0.4, 0.5) is 9.18 Å². The van der Waals surface area contributed by atoms with Gasteiger partial charge in [0.2, 0.25) is 5.91 Å². The SMILES string of the molecule is NC(=O)c1ccc(OCc2ccccc2)cc1.O=C(O)N1CCC(C(F)c2ccccc2)CC1. The summed E-state index contributed by atoms with van der Waals surface area (Å²) in [6, 6.07) is 25.8. The number of nitrogens with two attached hydrogens (primary N) is 1. The summed E-state index contributed by atoms with van der Waals surface area (Å²) in [7, 11) is 0. The van der Waals surface area contributed by atoms with Crippen molar-refractivity contribution in [2.45, 2.75) is 25.6 Å². The molecule has 1 saturated heterocycles. The third kappa shape index (κ3) is 7.33. The maximum Gasteiger partial charge on any atom is 0.407 e. The first-order valence-electron chi connectivity index (χ1n) is 11.2. The van der Waals surface area contributed by atoms with E-state index < -0.39 is 18.2 Å². The van der Waals surface area contributed by atoms with Crippen LogP contribution in [0.25, 0.3) is 0 Å². The van der Waals surface area contributed by atoms with Crippen LogP contribution >= 0.6 is 0 Å². The van der Waals surface area contributed by atoms with E-state index in [-0.39, 0.29) is 5.92 Å². The Hall–Kier alpha value is -3.87. The topological polar surface area (TPSA) is 92.9 Å². The minimum atomic E-state index is -0.979. The fourth-order valence-corrected chi connectivity index (χ4v) is 3.75. The third-order valence-corrected chi connectivity index (χ3v) is 5.73. The van der Waals surface area contributed by atoms with Crippen molar-refractivity contribution in [3.05, 3.63) is 102 Å². The largest absolute Gasteiger partial charge is 0.489 e. The number of hydrogen-bond donors (Lipinski definition) is 2. The molecule has 1 unspecified atom stereocenters. The molecule has 178 valence electrons. The van der Waals surface area contributed by atoms with E-state index >= 15 is 0 Å². The zero-order chi connectivity index (χ0) is 24.3. The van der Waals surface area contributed by atoms with Gasteiger partial charge in [0.15, 0.2) is 0 Å². The number of carboxylic acid groups (broad SMARTS) is 1. The quantitative estimate of drug-likeness (QED) is 0.507. The molecule has 2 amide bonds. The van der Waals surface area contributed by atoms with Crippen LogP contribution in [-0.4, -0.2) is 35.1 Å². The fourth-order valence-electron chi connectivity index (χ4n) is 3.75. The summed E-state index contributed by atoms with van der Waals surface area (Å²) in [4.78, 5) is 23.0. The number of alkyl halides is 1. The van der Waals surface area contributed by atoms with Crippen LogP contribution in [0.3, 0.4) is 0 Å². The molecule has 0 spiro atoms. The number of rotatable bonds is 6. The van der Waals surface area contributed by atoms with Crippen molar-refractivity contribution in [1.82, 2.24) is 4.90 Å². The fraction of sp³-hybridized carbons (Fsp3) is 0.259. The summed E-state index contributed by atoms with van der Waals surface area (Å²) in [5, 5.41) is 8.81. The Balaban J connectivity index is 0.000000191. The number of nitrogens with zero attached hydrogens (tertiary/aromatic N) is 1. The molecule has 1 fully saturated rings. The molecule has 34 heavy (non-hydrogen) atoms. The maximum absolute atomic E-state index is 14.2. The molecule has 1 aliphatic rings. The van der Waals surface area contributed by atoms with Crippen LogP contribution in [0.1, 0.15) is 40.5 Å². The third-order valence-electron chi connectivity index (χ3n) is 5.73. The van der Waals surface area contributed by atoms with Crippen molar-refractivity contribution < 1.29 is 23.8 Å². The van der Waals surface area contributed by atoms with Gasteiger partial charge in [0.25, 0.3) is 0 Å². The van der Waals surface area contributed by atoms with Gasteiger partial charge in [-0.1, -0.05) is 60.7 Å². The zero-order valence-corrected chi connectivity index (χ0v) is 18.8. The molecule has 0 radical (unpaired) electrons. The number of carbonyl (C=O) groups is 2. The number of amides is 2. The van der Waals surface area contributed by atoms with Gasteiger partial charge in [-0.2, -0.15) is 0 Å². The minimum Gasteiger partial charge on any atom is -0.489 e. The molecule has 3 aromatic carbocycles. The van der Waals surface area contributed by atoms with Crippen LogP contribution in [-0.2, 0) is 6.61 Å². The maximum atomic E-state index is 14.2. The smallest absolute Gasteiger partial charge is 0.407 e. The highest BCUT2D eigenvalue weighted by Gasteiger charge is 2.29. The van der Waals surface area contributed by atoms with Crippen molar-refractivity contribution in [1.29, 1.82) is 0 Å². The van der Waals surface area contributed by atoms with Gasteiger partial charge >= 0.3 is 6.09 Å². The number of benzene rings is 3. The predicted octanol–water partition coefficient (Wildman–Crippen LogP) is 5.45. The Morgan fingerprint density at radius 3 is 2.03 bits per heavy atom. The number of halogens is 1. The van der Waals surface area contributed by atoms with Gasteiger partial charge in [0, 0.05) is 18.7 Å². The monoisotopic (exact) mass is 464 g/mol. The van der Waals surface area contributed by atoms with Gasteiger partial charge in [-0.25, -0.2) is 9.18 Å². The van der Waals surface area contributed by atoms with Gasteiger partial charge in [-0.15, -0.1) is 0 Å². The van der Waals surface area contributed by atoms with E-state index in [0.717, 1.165) is 11.3 Å². The molecular formula is C27H29FN2O4. The Bertz CT molecular complexity index is 1040. The van der Waals surface area contributed by atoms with E-state index in [1.165, 1.54) is 4.90 Å². The zero-order valence-electron chi connectivity index (χ0n) is 18.8. The summed E-state index contributed by atoms with van der Waals surface area (Å²) < 4.78 is 19.8. The highest BCUT2D eigenvalue weighted by atomic mass is 19.1. The van der Waals surface area contributed by atoms with Crippen molar-refractivity contribution in [3.8, 4) is 5.75 Å². The van der Waals surface area contributed by atoms with Crippen LogP contribution in [0.15, 0.2) is 84.9 Å². The van der Waals surface area contributed by atoms with Gasteiger partial charge in [-0.3, -0.25) is 4.79 Å². The lowest BCUT2D eigenvalue weighted by atomic mass is 9.88. The molecule has 3 aromatic rings. The van der Waals surface area contributed by atoms with Gasteiger partial charge < -0.3 is 20.5 Å². The van der Waals surface area contributed by atoms with E-state index in [1.807, 2.05) is 48.5 Å². The molecule has 7 heteroatoms. The standard InChI is InChI=1S/C14H13NO2.C13H16FNO2/c15-14(16)12-6-8-13(9-7-12)17-10-11-4-2-1-3-5-11;14-12(10-4-2-1-3-5-10)11-6-8-15(9-7-11)13(16)17/h1-9H,10H2,(H2,15,16);1-5,11-12H,6-9H2,(H,16,17). The van der Waals surface area contributed by atoms with E-state index in [9.17, 15) is 14.0 Å². The lowest BCUT2D eigenvalue weighted by Gasteiger charge is -2.31. The lowest BCUT2D eigenvalue weighted by Crippen LogP contribution is -2.38. The average molecular weight is 465 g/mol. The molecule has 1 atom stereocenters. The molecule has 3 N–H and O–H groups in total. The Kier molecular flexibility index (Phi) is 9.03. The molecule has 0 bridgehead atoms. The van der Waals surface area contributed by atoms with E-state index in [0.29, 0.717) is 43.7 Å². The van der Waals surface area contributed by atoms with Gasteiger partial charge in [0.1, 0.15) is 18.5 Å². The van der Waals surface area contributed by atoms with Crippen LogP contribution in [0.5, 0.6) is 5.75 Å². The van der Waals surface area contributed by atoms with Crippen molar-refractivity contribution in [2.24, 2.45) is 11.7 Å². The van der Waals surface area contributed by atoms with E-state index in [4.69, 9.17) is 15.6 Å². The Labute approximate surface area is 198 Å². The summed E-state index contributed by atoms with van der Waals surface area (Å²) >= 11 is 0. The highest BCUT2D eigenvalue weighted by molar-refractivity contribution is 5.92. The molecule has 0 aromatic heterocycles. The second-order valence-electron chi connectivity index (χ2n) is 8.08. The van der Waals surface area contributed by atoms with E-state index in [1.54, 1.807) is 36.4 Å². The molecule has 4 rings (SSSR count). The van der Waals surface area contributed by atoms with Gasteiger partial charge in [0.05, 0.1) is 0 Å². The van der Waals surface area contributed by atoms with Crippen molar-refractivity contribution in [3.63, 3.8) is 0 Å². The number of hydrogen-bond acceptors (Lipinski definition) is 3. The first-order valence-corrected chi connectivity index (χ1v) is 11.2. The number of likely N-dealkylation sites (tertiary alicyclic amines) is 1. The average Bonchev–Trinajstić information content (AvgIpc) is 2.89. The molecule has 0 aliphatic carbocycles. The minimum absolute atomic E-state index is 0.0620. The number of primary amides is 1.